The molecular formula is C47H28N2O2. The molecule has 11 rings (SSSR count). The summed E-state index contributed by atoms with van der Waals surface area (Å²) in [6.07, 6.45) is 0. The van der Waals surface area contributed by atoms with Gasteiger partial charge in [0.05, 0.1) is 0 Å². The Kier molecular flexibility index (Phi) is 5.92. The molecule has 0 radical (unpaired) electrons. The summed E-state index contributed by atoms with van der Waals surface area (Å²) in [5.74, 6) is 0.616. The standard InChI is InChI=1S/C47H28N2O2/c1-3-11-31(12-4-1)47-48-45-40-27-33(28-42-44(40)43-39(46(45)51-47)16-9-17-41(43)50-42)29-20-22-35(23-21-29)49(34-13-5-2-6-14-34)36-24-25-38-32(26-36)19-18-30-10-7-8-15-37(30)38/h1-28H. The minimum atomic E-state index is 0.616. The zero-order valence-electron chi connectivity index (χ0n) is 27.4. The van der Waals surface area contributed by atoms with Gasteiger partial charge >= 0.3 is 0 Å². The molecule has 0 aliphatic carbocycles. The monoisotopic (exact) mass is 652 g/mol. The highest BCUT2D eigenvalue weighted by molar-refractivity contribution is 6.32. The summed E-state index contributed by atoms with van der Waals surface area (Å²) in [7, 11) is 0. The molecule has 0 spiro atoms. The SMILES string of the molecule is c1ccc(-c2nc3c4cc(-c5ccc(N(c6ccccc6)c6ccc7c(ccc8ccccc87)c6)cc5)cc5oc6cccc(c3o2)c6c54)cc1. The van der Waals surface area contributed by atoms with Crippen molar-refractivity contribution < 1.29 is 8.83 Å². The van der Waals surface area contributed by atoms with Crippen molar-refractivity contribution in [2.45, 2.75) is 0 Å². The summed E-state index contributed by atoms with van der Waals surface area (Å²) in [5.41, 5.74) is 9.71. The Morgan fingerprint density at radius 1 is 0.392 bits per heavy atom. The molecule has 0 saturated carbocycles. The van der Waals surface area contributed by atoms with E-state index in [-0.39, 0.29) is 0 Å². The van der Waals surface area contributed by atoms with Crippen LogP contribution >= 0.6 is 0 Å². The minimum Gasteiger partial charge on any atom is -0.456 e. The summed E-state index contributed by atoms with van der Waals surface area (Å²) in [6, 6.07) is 59.8. The van der Waals surface area contributed by atoms with Gasteiger partial charge in [0.2, 0.25) is 5.89 Å². The van der Waals surface area contributed by atoms with E-state index < -0.39 is 0 Å². The van der Waals surface area contributed by atoms with Crippen molar-refractivity contribution in [3.05, 3.63) is 170 Å². The maximum Gasteiger partial charge on any atom is 0.227 e. The fourth-order valence-electron chi connectivity index (χ4n) is 7.85. The van der Waals surface area contributed by atoms with E-state index >= 15 is 0 Å². The molecule has 9 aromatic carbocycles. The van der Waals surface area contributed by atoms with Crippen LogP contribution in [0, 0.1) is 0 Å². The topological polar surface area (TPSA) is 42.4 Å². The molecule has 0 aliphatic rings. The predicted octanol–water partition coefficient (Wildman–Crippen LogP) is 13.4. The van der Waals surface area contributed by atoms with Gasteiger partial charge in [0.25, 0.3) is 0 Å². The fourth-order valence-corrected chi connectivity index (χ4v) is 7.85. The number of rotatable bonds is 5. The van der Waals surface area contributed by atoms with E-state index in [4.69, 9.17) is 13.8 Å². The molecular weight excluding hydrogens is 625 g/mol. The lowest BCUT2D eigenvalue weighted by Crippen LogP contribution is -2.09. The average molecular weight is 653 g/mol. The van der Waals surface area contributed by atoms with Gasteiger partial charge in [-0.3, -0.25) is 0 Å². The lowest BCUT2D eigenvalue weighted by atomic mass is 9.96. The van der Waals surface area contributed by atoms with Crippen molar-refractivity contribution in [1.29, 1.82) is 0 Å². The van der Waals surface area contributed by atoms with Gasteiger partial charge in [-0.1, -0.05) is 103 Å². The normalized spacial score (nSPS) is 11.9. The minimum absolute atomic E-state index is 0.616. The lowest BCUT2D eigenvalue weighted by molar-refractivity contribution is 0.623. The summed E-state index contributed by atoms with van der Waals surface area (Å²) < 4.78 is 13.0. The van der Waals surface area contributed by atoms with Gasteiger partial charge in [-0.05, 0) is 99.4 Å². The number of aromatic nitrogens is 1. The van der Waals surface area contributed by atoms with Crippen LogP contribution in [0.1, 0.15) is 0 Å². The first kappa shape index (κ1) is 28.0. The summed E-state index contributed by atoms with van der Waals surface area (Å²) in [6.45, 7) is 0. The number of para-hydroxylation sites is 1. The van der Waals surface area contributed by atoms with Crippen LogP contribution in [0.15, 0.2) is 179 Å². The molecule has 4 nitrogen and oxygen atoms in total. The van der Waals surface area contributed by atoms with E-state index in [0.717, 1.165) is 77.6 Å². The molecule has 0 atom stereocenters. The second kappa shape index (κ2) is 10.8. The second-order valence-corrected chi connectivity index (χ2v) is 13.2. The highest BCUT2D eigenvalue weighted by Crippen LogP contribution is 2.45. The molecule has 238 valence electrons. The number of fused-ring (bicyclic) bond motifs is 6. The molecule has 0 bridgehead atoms. The van der Waals surface area contributed by atoms with Crippen LogP contribution in [0.4, 0.5) is 17.1 Å². The maximum absolute atomic E-state index is 6.50. The van der Waals surface area contributed by atoms with Crippen LogP contribution in [0.3, 0.4) is 0 Å². The number of benzene rings is 9. The molecule has 11 aromatic rings. The van der Waals surface area contributed by atoms with Crippen molar-refractivity contribution >= 4 is 82.4 Å². The summed E-state index contributed by atoms with van der Waals surface area (Å²) in [4.78, 5) is 7.39. The van der Waals surface area contributed by atoms with Gasteiger partial charge in [0.15, 0.2) is 5.58 Å². The molecule has 2 aromatic heterocycles. The largest absolute Gasteiger partial charge is 0.456 e. The Bertz CT molecular complexity index is 3070. The van der Waals surface area contributed by atoms with Gasteiger partial charge in [-0.25, -0.2) is 4.98 Å². The van der Waals surface area contributed by atoms with Crippen molar-refractivity contribution in [1.82, 2.24) is 4.98 Å². The van der Waals surface area contributed by atoms with Crippen molar-refractivity contribution in [3.8, 4) is 22.6 Å². The zero-order valence-corrected chi connectivity index (χ0v) is 27.4. The first-order chi connectivity index (χ1) is 25.3. The van der Waals surface area contributed by atoms with Crippen molar-refractivity contribution in [2.24, 2.45) is 0 Å². The summed E-state index contributed by atoms with van der Waals surface area (Å²) >= 11 is 0. The second-order valence-electron chi connectivity index (χ2n) is 13.2. The average Bonchev–Trinajstić information content (AvgIpc) is 3.82. The number of furan rings is 1. The van der Waals surface area contributed by atoms with E-state index in [1.165, 1.54) is 21.5 Å². The van der Waals surface area contributed by atoms with Crippen LogP contribution in [0.2, 0.25) is 0 Å². The van der Waals surface area contributed by atoms with Crippen LogP contribution in [0.25, 0.3) is 87.9 Å². The van der Waals surface area contributed by atoms with Crippen molar-refractivity contribution in [2.75, 3.05) is 4.90 Å². The lowest BCUT2D eigenvalue weighted by Gasteiger charge is -2.26. The molecule has 0 saturated heterocycles. The molecule has 0 unspecified atom stereocenters. The Labute approximate surface area is 292 Å². The first-order valence-corrected chi connectivity index (χ1v) is 17.2. The summed E-state index contributed by atoms with van der Waals surface area (Å²) in [5, 5.41) is 9.19. The van der Waals surface area contributed by atoms with E-state index in [9.17, 15) is 0 Å². The van der Waals surface area contributed by atoms with Gasteiger partial charge in [-0.2, -0.15) is 0 Å². The number of oxazole rings is 1. The molecule has 0 fully saturated rings. The third-order valence-corrected chi connectivity index (χ3v) is 10.2. The quantitative estimate of drug-likeness (QED) is 0.174. The van der Waals surface area contributed by atoms with Gasteiger partial charge < -0.3 is 13.7 Å². The van der Waals surface area contributed by atoms with Crippen LogP contribution in [0.5, 0.6) is 0 Å². The van der Waals surface area contributed by atoms with E-state index in [1.807, 2.05) is 42.5 Å². The van der Waals surface area contributed by atoms with E-state index in [0.29, 0.717) is 5.89 Å². The Balaban J connectivity index is 1.06. The number of hydrogen-bond acceptors (Lipinski definition) is 4. The number of anilines is 3. The highest BCUT2D eigenvalue weighted by Gasteiger charge is 2.23. The first-order valence-electron chi connectivity index (χ1n) is 17.2. The number of nitrogens with zero attached hydrogens (tertiary/aromatic N) is 2. The molecule has 0 amide bonds. The molecule has 0 N–H and O–H groups in total. The van der Waals surface area contributed by atoms with Gasteiger partial charge in [0.1, 0.15) is 16.7 Å². The molecule has 4 heteroatoms. The van der Waals surface area contributed by atoms with Crippen LogP contribution < -0.4 is 4.90 Å². The van der Waals surface area contributed by atoms with Crippen LogP contribution in [-0.2, 0) is 0 Å². The van der Waals surface area contributed by atoms with Crippen LogP contribution in [-0.4, -0.2) is 4.98 Å². The fraction of sp³-hybridized carbons (Fsp3) is 0. The highest BCUT2D eigenvalue weighted by atomic mass is 16.3. The predicted molar refractivity (Wildman–Crippen MR) is 211 cm³/mol. The third-order valence-electron chi connectivity index (χ3n) is 10.2. The zero-order chi connectivity index (χ0) is 33.5. The maximum atomic E-state index is 6.50. The molecule has 0 aliphatic heterocycles. The van der Waals surface area contributed by atoms with Gasteiger partial charge in [0, 0.05) is 44.2 Å². The molecule has 2 heterocycles. The number of hydrogen-bond donors (Lipinski definition) is 0. The smallest absolute Gasteiger partial charge is 0.227 e. The Morgan fingerprint density at radius 2 is 1.08 bits per heavy atom. The Hall–Kier alpha value is -6.91. The van der Waals surface area contributed by atoms with E-state index in [1.54, 1.807) is 0 Å². The van der Waals surface area contributed by atoms with Crippen molar-refractivity contribution in [3.63, 3.8) is 0 Å². The van der Waals surface area contributed by atoms with Gasteiger partial charge in [-0.15, -0.1) is 0 Å². The van der Waals surface area contributed by atoms with E-state index in [2.05, 4.69) is 132 Å². The third kappa shape index (κ3) is 4.30. The Morgan fingerprint density at radius 3 is 1.94 bits per heavy atom. The molecule has 51 heavy (non-hydrogen) atoms.